The molecule has 114 valence electrons. The lowest BCUT2D eigenvalue weighted by atomic mass is 10.1. The number of non-ortho nitro benzene ring substituents is 1. The molecule has 0 fully saturated rings. The molecular weight excluding hydrogens is 296 g/mol. The second-order valence-electron chi connectivity index (χ2n) is 4.60. The van der Waals surface area contributed by atoms with E-state index in [-0.39, 0.29) is 12.3 Å². The topological polar surface area (TPSA) is 93.2 Å². The summed E-state index contributed by atoms with van der Waals surface area (Å²) in [5.41, 5.74) is 1.97. The molecule has 0 bridgehead atoms. The zero-order valence-electron chi connectivity index (χ0n) is 12.0. The van der Waals surface area contributed by atoms with Gasteiger partial charge in [0.2, 0.25) is 0 Å². The number of hydrogen-bond donors (Lipinski definition) is 0. The lowest BCUT2D eigenvalue weighted by Gasteiger charge is -2.02. The molecule has 0 aliphatic rings. The van der Waals surface area contributed by atoms with Crippen molar-refractivity contribution in [1.29, 1.82) is 5.26 Å². The van der Waals surface area contributed by atoms with Crippen LogP contribution in [-0.2, 0) is 16.1 Å². The van der Waals surface area contributed by atoms with E-state index in [0.29, 0.717) is 11.1 Å². The van der Waals surface area contributed by atoms with E-state index < -0.39 is 10.9 Å². The summed E-state index contributed by atoms with van der Waals surface area (Å²) in [5, 5.41) is 19.2. The molecule has 0 radical (unpaired) electrons. The van der Waals surface area contributed by atoms with Gasteiger partial charge in [-0.1, -0.05) is 12.1 Å². The minimum atomic E-state index is -0.521. The third-order valence-electron chi connectivity index (χ3n) is 2.98. The number of nitro benzene ring substituents is 1. The molecule has 0 saturated heterocycles. The van der Waals surface area contributed by atoms with Gasteiger partial charge in [-0.15, -0.1) is 0 Å². The largest absolute Gasteiger partial charge is 0.458 e. The van der Waals surface area contributed by atoms with Crippen LogP contribution >= 0.6 is 0 Å². The molecule has 0 N–H and O–H groups in total. The van der Waals surface area contributed by atoms with Gasteiger partial charge in [0.25, 0.3) is 5.69 Å². The van der Waals surface area contributed by atoms with E-state index in [0.717, 1.165) is 5.56 Å². The smallest absolute Gasteiger partial charge is 0.331 e. The van der Waals surface area contributed by atoms with Crippen LogP contribution in [-0.4, -0.2) is 10.9 Å². The highest BCUT2D eigenvalue weighted by Gasteiger charge is 2.03. The molecule has 6 heteroatoms. The molecule has 2 aromatic rings. The van der Waals surface area contributed by atoms with Crippen molar-refractivity contribution in [2.45, 2.75) is 6.61 Å². The summed E-state index contributed by atoms with van der Waals surface area (Å²) in [6.07, 6.45) is 2.77. The number of nitro groups is 1. The van der Waals surface area contributed by atoms with Crippen molar-refractivity contribution in [3.8, 4) is 6.07 Å². The third-order valence-corrected chi connectivity index (χ3v) is 2.98. The van der Waals surface area contributed by atoms with Crippen LogP contribution in [0.5, 0.6) is 0 Å². The van der Waals surface area contributed by atoms with Crippen molar-refractivity contribution < 1.29 is 14.5 Å². The van der Waals surface area contributed by atoms with Crippen molar-refractivity contribution in [3.63, 3.8) is 0 Å². The van der Waals surface area contributed by atoms with Crippen LogP contribution < -0.4 is 0 Å². The Labute approximate surface area is 132 Å². The quantitative estimate of drug-likeness (QED) is 0.366. The molecule has 0 atom stereocenters. The Morgan fingerprint density at radius 3 is 2.39 bits per heavy atom. The van der Waals surface area contributed by atoms with Crippen molar-refractivity contribution in [1.82, 2.24) is 0 Å². The first kappa shape index (κ1) is 15.9. The average molecular weight is 308 g/mol. The van der Waals surface area contributed by atoms with Gasteiger partial charge in [-0.2, -0.15) is 5.26 Å². The van der Waals surface area contributed by atoms with Gasteiger partial charge in [0.05, 0.1) is 16.6 Å². The van der Waals surface area contributed by atoms with E-state index in [1.165, 1.54) is 24.3 Å². The molecule has 2 aromatic carbocycles. The number of carbonyl (C=O) groups is 1. The molecule has 23 heavy (non-hydrogen) atoms. The van der Waals surface area contributed by atoms with Crippen LogP contribution in [0.25, 0.3) is 6.08 Å². The lowest BCUT2D eigenvalue weighted by molar-refractivity contribution is -0.384. The second kappa shape index (κ2) is 7.52. The van der Waals surface area contributed by atoms with E-state index in [1.54, 1.807) is 36.4 Å². The van der Waals surface area contributed by atoms with Crippen molar-refractivity contribution >= 4 is 17.7 Å². The zero-order valence-corrected chi connectivity index (χ0v) is 12.0. The van der Waals surface area contributed by atoms with Crippen LogP contribution in [0.15, 0.2) is 54.6 Å². The summed E-state index contributed by atoms with van der Waals surface area (Å²) < 4.78 is 5.07. The molecular formula is C17H12N2O4. The summed E-state index contributed by atoms with van der Waals surface area (Å²) in [6.45, 7) is 0.106. The summed E-state index contributed by atoms with van der Waals surface area (Å²) in [5.74, 6) is -0.521. The van der Waals surface area contributed by atoms with E-state index in [2.05, 4.69) is 0 Å². The fourth-order valence-corrected chi connectivity index (χ4v) is 1.75. The Bertz CT molecular complexity index is 772. The molecule has 6 nitrogen and oxygen atoms in total. The number of carbonyl (C=O) groups excluding carboxylic acids is 1. The number of nitrogens with zero attached hydrogens (tertiary/aromatic N) is 2. The van der Waals surface area contributed by atoms with Gasteiger partial charge in [-0.3, -0.25) is 10.1 Å². The number of hydrogen-bond acceptors (Lipinski definition) is 5. The number of benzene rings is 2. The van der Waals surface area contributed by atoms with Gasteiger partial charge in [0.1, 0.15) is 6.61 Å². The Morgan fingerprint density at radius 1 is 1.17 bits per heavy atom. The maximum atomic E-state index is 11.6. The molecule has 0 amide bonds. The predicted octanol–water partition coefficient (Wildman–Crippen LogP) is 3.22. The Balaban J connectivity index is 1.88. The molecule has 0 heterocycles. The Kier molecular flexibility index (Phi) is 5.21. The maximum Gasteiger partial charge on any atom is 0.331 e. The van der Waals surface area contributed by atoms with E-state index in [4.69, 9.17) is 10.00 Å². The SMILES string of the molecule is N#Cc1ccc(COC(=O)/C=C/c2ccc([N+](=O)[O-])cc2)cc1. The molecule has 0 spiro atoms. The third kappa shape index (κ3) is 4.79. The Hall–Kier alpha value is -3.46. The normalized spacial score (nSPS) is 10.2. The number of esters is 1. The molecule has 0 unspecified atom stereocenters. The van der Waals surface area contributed by atoms with Crippen molar-refractivity contribution in [2.24, 2.45) is 0 Å². The Morgan fingerprint density at radius 2 is 1.83 bits per heavy atom. The molecule has 0 aromatic heterocycles. The summed E-state index contributed by atoms with van der Waals surface area (Å²) >= 11 is 0. The minimum Gasteiger partial charge on any atom is -0.458 e. The predicted molar refractivity (Wildman–Crippen MR) is 83.1 cm³/mol. The summed E-state index contributed by atoms with van der Waals surface area (Å²) in [7, 11) is 0. The van der Waals surface area contributed by atoms with Crippen molar-refractivity contribution in [2.75, 3.05) is 0 Å². The summed E-state index contributed by atoms with van der Waals surface area (Å²) in [6, 6.07) is 14.5. The molecule has 2 rings (SSSR count). The first-order valence-electron chi connectivity index (χ1n) is 6.67. The highest BCUT2D eigenvalue weighted by atomic mass is 16.6. The highest BCUT2D eigenvalue weighted by Crippen LogP contribution is 2.13. The zero-order chi connectivity index (χ0) is 16.7. The van der Waals surface area contributed by atoms with Crippen LogP contribution in [0, 0.1) is 21.4 Å². The van der Waals surface area contributed by atoms with Crippen LogP contribution in [0.4, 0.5) is 5.69 Å². The average Bonchev–Trinajstić information content (AvgIpc) is 2.59. The standard InChI is InChI=1S/C17H12N2O4/c18-11-14-1-3-15(4-2-14)12-23-17(20)10-7-13-5-8-16(9-6-13)19(21)22/h1-10H,12H2/b10-7+. The van der Waals surface area contributed by atoms with Gasteiger partial charge in [0, 0.05) is 18.2 Å². The number of nitriles is 1. The second-order valence-corrected chi connectivity index (χ2v) is 4.60. The monoisotopic (exact) mass is 308 g/mol. The first-order chi connectivity index (χ1) is 11.1. The lowest BCUT2D eigenvalue weighted by Crippen LogP contribution is -2.00. The minimum absolute atomic E-state index is 0.00876. The first-order valence-corrected chi connectivity index (χ1v) is 6.67. The van der Waals surface area contributed by atoms with Gasteiger partial charge >= 0.3 is 5.97 Å². The van der Waals surface area contributed by atoms with Gasteiger partial charge in [0.15, 0.2) is 0 Å². The fourth-order valence-electron chi connectivity index (χ4n) is 1.75. The molecule has 0 aliphatic carbocycles. The van der Waals surface area contributed by atoms with Gasteiger partial charge in [-0.25, -0.2) is 4.79 Å². The summed E-state index contributed by atoms with van der Waals surface area (Å²) in [4.78, 5) is 21.7. The van der Waals surface area contributed by atoms with Crippen LogP contribution in [0.1, 0.15) is 16.7 Å². The molecule has 0 saturated carbocycles. The van der Waals surface area contributed by atoms with Crippen LogP contribution in [0.3, 0.4) is 0 Å². The fraction of sp³-hybridized carbons (Fsp3) is 0.0588. The maximum absolute atomic E-state index is 11.6. The number of ether oxygens (including phenoxy) is 1. The van der Waals surface area contributed by atoms with E-state index >= 15 is 0 Å². The number of rotatable bonds is 5. The van der Waals surface area contributed by atoms with Gasteiger partial charge < -0.3 is 4.74 Å². The van der Waals surface area contributed by atoms with E-state index in [1.807, 2.05) is 6.07 Å². The van der Waals surface area contributed by atoms with Gasteiger partial charge in [-0.05, 0) is 41.5 Å². The van der Waals surface area contributed by atoms with E-state index in [9.17, 15) is 14.9 Å². The van der Waals surface area contributed by atoms with Crippen molar-refractivity contribution in [3.05, 3.63) is 81.4 Å². The van der Waals surface area contributed by atoms with Crippen LogP contribution in [0.2, 0.25) is 0 Å². The molecule has 0 aliphatic heterocycles. The highest BCUT2D eigenvalue weighted by molar-refractivity contribution is 5.87.